The van der Waals surface area contributed by atoms with Crippen LogP contribution in [0, 0.1) is 0 Å². The van der Waals surface area contributed by atoms with Gasteiger partial charge in [0.05, 0.1) is 16.9 Å². The minimum absolute atomic E-state index is 0.0879. The maximum Gasteiger partial charge on any atom is 0.258 e. The minimum Gasteiger partial charge on any atom is -0.350 e. The number of pyridine rings is 1. The number of carbonyl (C=O) groups is 1. The van der Waals surface area contributed by atoms with E-state index in [4.69, 9.17) is 0 Å². The summed E-state index contributed by atoms with van der Waals surface area (Å²) < 4.78 is 0. The van der Waals surface area contributed by atoms with Crippen LogP contribution in [0.5, 0.6) is 0 Å². The van der Waals surface area contributed by atoms with Gasteiger partial charge in [-0.3, -0.25) is 14.6 Å². The second-order valence-corrected chi connectivity index (χ2v) is 5.60. The Morgan fingerprint density at radius 1 is 1.21 bits per heavy atom. The van der Waals surface area contributed by atoms with Crippen LogP contribution in [-0.4, -0.2) is 20.9 Å². The molecule has 0 aliphatic carbocycles. The van der Waals surface area contributed by atoms with Gasteiger partial charge < -0.3 is 10.3 Å². The van der Waals surface area contributed by atoms with Gasteiger partial charge in [-0.2, -0.15) is 0 Å². The molecular weight excluding hydrogens is 304 g/mol. The van der Waals surface area contributed by atoms with E-state index in [0.29, 0.717) is 23.1 Å². The molecule has 0 saturated heterocycles. The van der Waals surface area contributed by atoms with Crippen LogP contribution in [0.1, 0.15) is 30.8 Å². The van der Waals surface area contributed by atoms with Crippen molar-refractivity contribution in [3.05, 3.63) is 70.5 Å². The first-order valence-electron chi connectivity index (χ1n) is 7.81. The van der Waals surface area contributed by atoms with Crippen LogP contribution in [0.25, 0.3) is 10.9 Å². The van der Waals surface area contributed by atoms with E-state index in [2.05, 4.69) is 20.3 Å². The lowest BCUT2D eigenvalue weighted by molar-refractivity contribution is -0.121. The highest BCUT2D eigenvalue weighted by Crippen LogP contribution is 2.11. The zero-order valence-corrected chi connectivity index (χ0v) is 13.3. The van der Waals surface area contributed by atoms with Crippen LogP contribution in [-0.2, 0) is 11.2 Å². The van der Waals surface area contributed by atoms with Gasteiger partial charge in [-0.15, -0.1) is 0 Å². The number of para-hydroxylation sites is 1. The largest absolute Gasteiger partial charge is 0.350 e. The number of aromatic nitrogens is 3. The molecule has 0 fully saturated rings. The molecule has 6 heteroatoms. The summed E-state index contributed by atoms with van der Waals surface area (Å²) in [6.45, 7) is 1.92. The van der Waals surface area contributed by atoms with Crippen molar-refractivity contribution in [2.75, 3.05) is 0 Å². The summed E-state index contributed by atoms with van der Waals surface area (Å²) in [4.78, 5) is 35.2. The Morgan fingerprint density at radius 2 is 1.96 bits per heavy atom. The number of aromatic amines is 1. The number of hydrogen-bond donors (Lipinski definition) is 2. The average Bonchev–Trinajstić information content (AvgIpc) is 2.61. The molecule has 24 heavy (non-hydrogen) atoms. The summed E-state index contributed by atoms with van der Waals surface area (Å²) in [6, 6.07) is 10.8. The topological polar surface area (TPSA) is 87.7 Å². The van der Waals surface area contributed by atoms with E-state index in [1.165, 1.54) is 0 Å². The van der Waals surface area contributed by atoms with Crippen molar-refractivity contribution < 1.29 is 4.79 Å². The highest BCUT2D eigenvalue weighted by atomic mass is 16.1. The number of H-pyrrole nitrogens is 1. The Labute approximate surface area is 139 Å². The standard InChI is InChI=1S/C18H18N4O2/c1-12(13-8-10-19-11-9-13)20-17(23)7-6-16-21-15-5-3-2-4-14(15)18(24)22-16/h2-5,8-12H,6-7H2,1H3,(H,20,23)(H,21,22,24)/t12-/m1/s1. The molecule has 6 nitrogen and oxygen atoms in total. The number of amides is 1. The molecule has 0 spiro atoms. The molecule has 3 aromatic rings. The molecule has 2 N–H and O–H groups in total. The van der Waals surface area contributed by atoms with Crippen molar-refractivity contribution in [2.45, 2.75) is 25.8 Å². The van der Waals surface area contributed by atoms with Crippen molar-refractivity contribution in [3.63, 3.8) is 0 Å². The molecule has 0 saturated carbocycles. The summed E-state index contributed by atoms with van der Waals surface area (Å²) in [6.07, 6.45) is 4.04. The summed E-state index contributed by atoms with van der Waals surface area (Å²) in [5, 5.41) is 3.48. The zero-order valence-electron chi connectivity index (χ0n) is 13.3. The Bertz CT molecular complexity index is 906. The maximum atomic E-state index is 12.1. The Balaban J connectivity index is 1.63. The molecule has 3 rings (SSSR count). The first kappa shape index (κ1) is 15.9. The molecule has 1 atom stereocenters. The number of carbonyl (C=O) groups excluding carboxylic acids is 1. The van der Waals surface area contributed by atoms with Crippen LogP contribution in [0.3, 0.4) is 0 Å². The summed E-state index contributed by atoms with van der Waals surface area (Å²) in [5.41, 5.74) is 1.46. The molecular formula is C18H18N4O2. The van der Waals surface area contributed by atoms with Gasteiger partial charge in [0.1, 0.15) is 5.82 Å². The average molecular weight is 322 g/mol. The van der Waals surface area contributed by atoms with Gasteiger partial charge in [0.25, 0.3) is 5.56 Å². The van der Waals surface area contributed by atoms with E-state index in [0.717, 1.165) is 5.56 Å². The number of aryl methyl sites for hydroxylation is 1. The number of fused-ring (bicyclic) bond motifs is 1. The molecule has 0 aliphatic rings. The van der Waals surface area contributed by atoms with Gasteiger partial charge in [0, 0.05) is 25.2 Å². The highest BCUT2D eigenvalue weighted by Gasteiger charge is 2.10. The molecule has 2 aromatic heterocycles. The van der Waals surface area contributed by atoms with Crippen LogP contribution in [0.4, 0.5) is 0 Å². The summed E-state index contributed by atoms with van der Waals surface area (Å²) >= 11 is 0. The van der Waals surface area contributed by atoms with Gasteiger partial charge in [-0.1, -0.05) is 12.1 Å². The second-order valence-electron chi connectivity index (χ2n) is 5.60. The third-order valence-electron chi connectivity index (χ3n) is 3.83. The van der Waals surface area contributed by atoms with E-state index in [9.17, 15) is 9.59 Å². The predicted molar refractivity (Wildman–Crippen MR) is 91.5 cm³/mol. The van der Waals surface area contributed by atoms with Gasteiger partial charge in [0.2, 0.25) is 5.91 Å². The fourth-order valence-corrected chi connectivity index (χ4v) is 2.53. The minimum atomic E-state index is -0.179. The predicted octanol–water partition coefficient (Wildman–Crippen LogP) is 2.13. The Kier molecular flexibility index (Phi) is 4.65. The molecule has 0 radical (unpaired) electrons. The molecule has 0 bridgehead atoms. The number of rotatable bonds is 5. The molecule has 1 aromatic carbocycles. The summed E-state index contributed by atoms with van der Waals surface area (Å²) in [7, 11) is 0. The lowest BCUT2D eigenvalue weighted by atomic mass is 10.1. The number of nitrogens with one attached hydrogen (secondary N) is 2. The third kappa shape index (κ3) is 3.65. The van der Waals surface area contributed by atoms with Gasteiger partial charge in [-0.05, 0) is 36.8 Å². The van der Waals surface area contributed by atoms with Crippen LogP contribution in [0.15, 0.2) is 53.6 Å². The van der Waals surface area contributed by atoms with Crippen molar-refractivity contribution in [3.8, 4) is 0 Å². The van der Waals surface area contributed by atoms with Crippen molar-refractivity contribution in [1.29, 1.82) is 0 Å². The molecule has 0 aliphatic heterocycles. The van der Waals surface area contributed by atoms with Crippen molar-refractivity contribution >= 4 is 16.8 Å². The first-order valence-corrected chi connectivity index (χ1v) is 7.81. The van der Waals surface area contributed by atoms with Gasteiger partial charge in [0.15, 0.2) is 0 Å². The maximum absolute atomic E-state index is 12.1. The lowest BCUT2D eigenvalue weighted by Gasteiger charge is -2.13. The zero-order chi connectivity index (χ0) is 16.9. The number of benzene rings is 1. The monoisotopic (exact) mass is 322 g/mol. The normalized spacial score (nSPS) is 12.0. The summed E-state index contributed by atoms with van der Waals surface area (Å²) in [5.74, 6) is 0.431. The van der Waals surface area contributed by atoms with Crippen LogP contribution in [0.2, 0.25) is 0 Å². The molecule has 2 heterocycles. The first-order chi connectivity index (χ1) is 11.6. The Hall–Kier alpha value is -3.02. The molecule has 1 amide bonds. The number of hydrogen-bond acceptors (Lipinski definition) is 4. The van der Waals surface area contributed by atoms with Crippen LogP contribution >= 0.6 is 0 Å². The van der Waals surface area contributed by atoms with Gasteiger partial charge >= 0.3 is 0 Å². The SMILES string of the molecule is C[C@@H](NC(=O)CCc1nc2ccccc2c(=O)[nH]1)c1ccncc1. The Morgan fingerprint density at radius 3 is 2.75 bits per heavy atom. The second kappa shape index (κ2) is 7.04. The molecule has 0 unspecified atom stereocenters. The van der Waals surface area contributed by atoms with E-state index in [1.807, 2.05) is 25.1 Å². The fraction of sp³-hybridized carbons (Fsp3) is 0.222. The highest BCUT2D eigenvalue weighted by molar-refractivity contribution is 5.78. The van der Waals surface area contributed by atoms with Gasteiger partial charge in [-0.25, -0.2) is 4.98 Å². The van der Waals surface area contributed by atoms with Crippen molar-refractivity contribution in [1.82, 2.24) is 20.3 Å². The quantitative estimate of drug-likeness (QED) is 0.753. The lowest BCUT2D eigenvalue weighted by Crippen LogP contribution is -2.27. The van der Waals surface area contributed by atoms with E-state index in [1.54, 1.807) is 30.6 Å². The van der Waals surface area contributed by atoms with E-state index >= 15 is 0 Å². The smallest absolute Gasteiger partial charge is 0.258 e. The fourth-order valence-electron chi connectivity index (χ4n) is 2.53. The van der Waals surface area contributed by atoms with E-state index in [-0.39, 0.29) is 23.9 Å². The third-order valence-corrected chi connectivity index (χ3v) is 3.83. The molecule has 122 valence electrons. The van der Waals surface area contributed by atoms with E-state index < -0.39 is 0 Å². The van der Waals surface area contributed by atoms with Crippen LogP contribution < -0.4 is 10.9 Å². The van der Waals surface area contributed by atoms with Crippen molar-refractivity contribution in [2.24, 2.45) is 0 Å². The number of nitrogens with zero attached hydrogens (tertiary/aromatic N) is 2.